The third-order valence-electron chi connectivity index (χ3n) is 4.57. The number of carboxylic acids is 1. The van der Waals surface area contributed by atoms with E-state index in [0.29, 0.717) is 18.9 Å². The molecule has 1 aromatic carbocycles. The van der Waals surface area contributed by atoms with Gasteiger partial charge in [-0.25, -0.2) is 0 Å². The molecule has 5 heteroatoms. The topological polar surface area (TPSA) is 69.6 Å². The summed E-state index contributed by atoms with van der Waals surface area (Å²) >= 11 is 0. The molecule has 1 amide bonds. The van der Waals surface area contributed by atoms with Crippen LogP contribution in [0.2, 0.25) is 0 Å². The van der Waals surface area contributed by atoms with Gasteiger partial charge in [0.05, 0.1) is 0 Å². The number of likely N-dealkylation sites (tertiary alicyclic amines) is 1. The van der Waals surface area contributed by atoms with E-state index in [9.17, 15) is 14.7 Å². The summed E-state index contributed by atoms with van der Waals surface area (Å²) in [7, 11) is 0. The van der Waals surface area contributed by atoms with Crippen LogP contribution in [0.3, 0.4) is 0 Å². The van der Waals surface area contributed by atoms with E-state index in [4.69, 9.17) is 0 Å². The molecule has 2 saturated heterocycles. The molecule has 0 aromatic heterocycles. The van der Waals surface area contributed by atoms with Crippen LogP contribution in [0, 0.1) is 5.92 Å². The summed E-state index contributed by atoms with van der Waals surface area (Å²) in [4.78, 5) is 25.2. The van der Waals surface area contributed by atoms with Crippen LogP contribution >= 0.6 is 0 Å². The second kappa shape index (κ2) is 5.85. The minimum Gasteiger partial charge on any atom is -0.480 e. The van der Waals surface area contributed by atoms with Crippen molar-refractivity contribution < 1.29 is 14.7 Å². The Morgan fingerprint density at radius 2 is 2.05 bits per heavy atom. The molecule has 0 bridgehead atoms. The van der Waals surface area contributed by atoms with Gasteiger partial charge in [-0.2, -0.15) is 0 Å². The molecular weight excluding hydrogens is 268 g/mol. The van der Waals surface area contributed by atoms with Gasteiger partial charge in [-0.3, -0.25) is 14.5 Å². The van der Waals surface area contributed by atoms with Crippen molar-refractivity contribution in [3.8, 4) is 0 Å². The lowest BCUT2D eigenvalue weighted by Crippen LogP contribution is -2.55. The van der Waals surface area contributed by atoms with Gasteiger partial charge in [0.1, 0.15) is 6.04 Å². The molecule has 112 valence electrons. The summed E-state index contributed by atoms with van der Waals surface area (Å²) in [5.41, 5.74) is 0.822. The molecule has 3 rings (SSSR count). The Morgan fingerprint density at radius 1 is 1.29 bits per heavy atom. The average Bonchev–Trinajstić information content (AvgIpc) is 2.48. The van der Waals surface area contributed by atoms with Crippen LogP contribution in [-0.2, 0) is 9.59 Å². The minimum atomic E-state index is -0.806. The molecule has 0 radical (unpaired) electrons. The molecule has 2 heterocycles. The summed E-state index contributed by atoms with van der Waals surface area (Å²) in [5, 5.41) is 12.6. The number of carboxylic acid groups (broad SMARTS) is 1. The lowest BCUT2D eigenvalue weighted by molar-refractivity contribution is -0.145. The molecule has 2 N–H and O–H groups in total. The number of fused-ring (bicyclic) bond motifs is 1. The Kier molecular flexibility index (Phi) is 3.92. The summed E-state index contributed by atoms with van der Waals surface area (Å²) in [6.45, 7) is 1.43. The first kappa shape index (κ1) is 14.1. The van der Waals surface area contributed by atoms with Crippen molar-refractivity contribution in [2.24, 2.45) is 5.92 Å². The van der Waals surface area contributed by atoms with Gasteiger partial charge >= 0.3 is 5.97 Å². The van der Waals surface area contributed by atoms with Gasteiger partial charge in [0.2, 0.25) is 5.91 Å². The molecule has 1 aromatic rings. The Labute approximate surface area is 123 Å². The zero-order valence-electron chi connectivity index (χ0n) is 11.9. The van der Waals surface area contributed by atoms with Gasteiger partial charge < -0.3 is 10.4 Å². The van der Waals surface area contributed by atoms with E-state index in [1.165, 1.54) is 0 Å². The molecule has 0 saturated carbocycles. The smallest absolute Gasteiger partial charge is 0.325 e. The molecular formula is C16H20N2O3. The maximum atomic E-state index is 11.7. The number of carbonyl (C=O) groups is 2. The van der Waals surface area contributed by atoms with Gasteiger partial charge in [-0.15, -0.1) is 0 Å². The maximum Gasteiger partial charge on any atom is 0.325 e. The molecule has 2 aliphatic heterocycles. The zero-order valence-corrected chi connectivity index (χ0v) is 11.9. The molecule has 2 aliphatic rings. The van der Waals surface area contributed by atoms with Gasteiger partial charge in [0, 0.05) is 25.6 Å². The first-order valence-electron chi connectivity index (χ1n) is 7.46. The van der Waals surface area contributed by atoms with Crippen LogP contribution in [0.1, 0.15) is 30.9 Å². The number of nitrogens with one attached hydrogen (secondary N) is 1. The van der Waals surface area contributed by atoms with E-state index in [2.05, 4.69) is 5.32 Å². The average molecular weight is 288 g/mol. The predicted molar refractivity (Wildman–Crippen MR) is 77.7 cm³/mol. The van der Waals surface area contributed by atoms with E-state index >= 15 is 0 Å². The Balaban J connectivity index is 1.76. The highest BCUT2D eigenvalue weighted by atomic mass is 16.4. The third kappa shape index (κ3) is 2.93. The van der Waals surface area contributed by atoms with Crippen molar-refractivity contribution >= 4 is 11.9 Å². The summed E-state index contributed by atoms with van der Waals surface area (Å²) < 4.78 is 0. The molecule has 3 atom stereocenters. The van der Waals surface area contributed by atoms with Crippen LogP contribution < -0.4 is 5.32 Å². The number of hydrogen-bond donors (Lipinski definition) is 2. The number of carbonyl (C=O) groups excluding carboxylic acids is 1. The third-order valence-corrected chi connectivity index (χ3v) is 4.57. The Bertz CT molecular complexity index is 532. The van der Waals surface area contributed by atoms with Gasteiger partial charge in [0.15, 0.2) is 0 Å². The fraction of sp³-hybridized carbons (Fsp3) is 0.500. The molecule has 5 nitrogen and oxygen atoms in total. The van der Waals surface area contributed by atoms with Crippen molar-refractivity contribution in [2.75, 3.05) is 13.1 Å². The van der Waals surface area contributed by atoms with Crippen LogP contribution in [0.5, 0.6) is 0 Å². The number of nitrogens with zero attached hydrogens (tertiary/aromatic N) is 1. The Hall–Kier alpha value is -1.88. The first-order chi connectivity index (χ1) is 10.1. The van der Waals surface area contributed by atoms with Gasteiger partial charge in [0.25, 0.3) is 0 Å². The number of hydrogen-bond acceptors (Lipinski definition) is 3. The summed E-state index contributed by atoms with van der Waals surface area (Å²) in [6.07, 6.45) is 2.24. The van der Waals surface area contributed by atoms with E-state index < -0.39 is 12.0 Å². The highest BCUT2D eigenvalue weighted by molar-refractivity contribution is 5.77. The van der Waals surface area contributed by atoms with Crippen molar-refractivity contribution in [1.82, 2.24) is 10.2 Å². The van der Waals surface area contributed by atoms with E-state index in [0.717, 1.165) is 24.9 Å². The van der Waals surface area contributed by atoms with Gasteiger partial charge in [-0.05, 0) is 24.3 Å². The quantitative estimate of drug-likeness (QED) is 0.882. The summed E-state index contributed by atoms with van der Waals surface area (Å²) in [5.74, 6) is -0.316. The van der Waals surface area contributed by atoms with Crippen molar-refractivity contribution in [3.63, 3.8) is 0 Å². The minimum absolute atomic E-state index is 0.127. The van der Waals surface area contributed by atoms with Crippen LogP contribution in [0.15, 0.2) is 30.3 Å². The van der Waals surface area contributed by atoms with Crippen LogP contribution in [-0.4, -0.2) is 41.0 Å². The molecule has 0 aliphatic carbocycles. The van der Waals surface area contributed by atoms with Crippen LogP contribution in [0.4, 0.5) is 0 Å². The predicted octanol–water partition coefficient (Wildman–Crippen LogP) is 1.41. The summed E-state index contributed by atoms with van der Waals surface area (Å²) in [6, 6.07) is 9.00. The number of aliphatic carboxylic acids is 1. The number of benzene rings is 1. The van der Waals surface area contributed by atoms with Crippen molar-refractivity contribution in [1.29, 1.82) is 0 Å². The number of rotatable bonds is 3. The Morgan fingerprint density at radius 3 is 2.76 bits per heavy atom. The lowest BCUT2D eigenvalue weighted by atomic mass is 9.84. The molecule has 0 spiro atoms. The normalized spacial score (nSPS) is 27.5. The zero-order chi connectivity index (χ0) is 14.8. The van der Waals surface area contributed by atoms with Crippen LogP contribution in [0.25, 0.3) is 0 Å². The van der Waals surface area contributed by atoms with Gasteiger partial charge in [-0.1, -0.05) is 30.3 Å². The number of piperidine rings is 2. The lowest BCUT2D eigenvalue weighted by Gasteiger charge is -2.43. The highest BCUT2D eigenvalue weighted by Gasteiger charge is 2.38. The second-order valence-corrected chi connectivity index (χ2v) is 5.91. The van der Waals surface area contributed by atoms with E-state index in [1.807, 2.05) is 35.2 Å². The monoisotopic (exact) mass is 288 g/mol. The first-order valence-corrected chi connectivity index (χ1v) is 7.46. The van der Waals surface area contributed by atoms with Crippen molar-refractivity contribution in [2.45, 2.75) is 31.3 Å². The maximum absolute atomic E-state index is 11.7. The van der Waals surface area contributed by atoms with E-state index in [-0.39, 0.29) is 11.9 Å². The highest BCUT2D eigenvalue weighted by Crippen LogP contribution is 2.31. The molecule has 3 unspecified atom stereocenters. The molecule has 2 fully saturated rings. The number of amides is 1. The van der Waals surface area contributed by atoms with Crippen molar-refractivity contribution in [3.05, 3.63) is 35.9 Å². The largest absolute Gasteiger partial charge is 0.480 e. The fourth-order valence-corrected chi connectivity index (χ4v) is 3.52. The fourth-order valence-electron chi connectivity index (χ4n) is 3.52. The standard InChI is InChI=1S/C16H20N2O3/c19-14-7-6-12-10-18(9-8-13(12)17-14)15(16(20)21)11-4-2-1-3-5-11/h1-5,12-13,15H,6-10H2,(H,17,19)(H,20,21). The van der Waals surface area contributed by atoms with E-state index in [1.54, 1.807) is 0 Å². The second-order valence-electron chi connectivity index (χ2n) is 5.91. The SMILES string of the molecule is O=C1CCC2CN(C(C(=O)O)c3ccccc3)CCC2N1. The molecule has 21 heavy (non-hydrogen) atoms.